The Morgan fingerprint density at radius 1 is 1.14 bits per heavy atom. The second-order valence-electron chi connectivity index (χ2n) is 6.19. The van der Waals surface area contributed by atoms with Gasteiger partial charge in [0.1, 0.15) is 5.75 Å². The first-order chi connectivity index (χ1) is 10.5. The smallest absolute Gasteiger partial charge is 0.224 e. The van der Waals surface area contributed by atoms with Gasteiger partial charge in [-0.2, -0.15) is 0 Å². The molecule has 1 aromatic carbocycles. The van der Waals surface area contributed by atoms with Crippen molar-refractivity contribution in [3.63, 3.8) is 0 Å². The molecular formula is C18H27NO3. The van der Waals surface area contributed by atoms with Crippen LogP contribution in [0, 0.1) is 13.8 Å². The molecule has 4 heteroatoms. The first-order valence-corrected chi connectivity index (χ1v) is 7.99. The Balaban J connectivity index is 1.93. The fourth-order valence-electron chi connectivity index (χ4n) is 3.23. The summed E-state index contributed by atoms with van der Waals surface area (Å²) in [6, 6.07) is 4.26. The van der Waals surface area contributed by atoms with Crippen molar-refractivity contribution in [1.29, 1.82) is 0 Å². The highest BCUT2D eigenvalue weighted by Crippen LogP contribution is 2.23. The van der Waals surface area contributed by atoms with Gasteiger partial charge in [-0.1, -0.05) is 0 Å². The van der Waals surface area contributed by atoms with Crippen LogP contribution in [0.15, 0.2) is 12.1 Å². The van der Waals surface area contributed by atoms with Crippen molar-refractivity contribution < 1.29 is 14.3 Å². The lowest BCUT2D eigenvalue weighted by atomic mass is 9.92. The minimum atomic E-state index is 0.109. The van der Waals surface area contributed by atoms with E-state index in [1.54, 1.807) is 14.2 Å². The minimum Gasteiger partial charge on any atom is -0.497 e. The van der Waals surface area contributed by atoms with Gasteiger partial charge >= 0.3 is 0 Å². The maximum absolute atomic E-state index is 12.3. The molecule has 1 aliphatic carbocycles. The van der Waals surface area contributed by atoms with E-state index in [0.29, 0.717) is 12.5 Å². The van der Waals surface area contributed by atoms with E-state index in [-0.39, 0.29) is 11.9 Å². The summed E-state index contributed by atoms with van der Waals surface area (Å²) in [7, 11) is 3.43. The Morgan fingerprint density at radius 3 is 2.23 bits per heavy atom. The van der Waals surface area contributed by atoms with Crippen LogP contribution < -0.4 is 10.1 Å². The van der Waals surface area contributed by atoms with Crippen molar-refractivity contribution in [1.82, 2.24) is 5.32 Å². The van der Waals surface area contributed by atoms with Crippen LogP contribution in [0.2, 0.25) is 0 Å². The van der Waals surface area contributed by atoms with Crippen LogP contribution in [0.4, 0.5) is 0 Å². The van der Waals surface area contributed by atoms with E-state index < -0.39 is 0 Å². The SMILES string of the molecule is COc1cc(C)c(CC(=O)NC2CCC(OC)CC2)c(C)c1. The molecule has 122 valence electrons. The molecule has 0 aromatic heterocycles. The van der Waals surface area contributed by atoms with Gasteiger partial charge in [0.15, 0.2) is 0 Å². The highest BCUT2D eigenvalue weighted by molar-refractivity contribution is 5.79. The van der Waals surface area contributed by atoms with Crippen molar-refractivity contribution >= 4 is 5.91 Å². The number of ether oxygens (including phenoxy) is 2. The average Bonchev–Trinajstić information content (AvgIpc) is 2.51. The van der Waals surface area contributed by atoms with Gasteiger partial charge in [-0.15, -0.1) is 0 Å². The predicted octanol–water partition coefficient (Wildman–Crippen LogP) is 2.93. The molecule has 1 amide bonds. The molecule has 1 aliphatic rings. The summed E-state index contributed by atoms with van der Waals surface area (Å²) in [4.78, 5) is 12.3. The molecule has 0 atom stereocenters. The third-order valence-electron chi connectivity index (χ3n) is 4.62. The number of hydrogen-bond donors (Lipinski definition) is 1. The van der Waals surface area contributed by atoms with Crippen molar-refractivity contribution in [3.8, 4) is 5.75 Å². The van der Waals surface area contributed by atoms with E-state index in [9.17, 15) is 4.79 Å². The molecule has 2 rings (SSSR count). The monoisotopic (exact) mass is 305 g/mol. The number of rotatable bonds is 5. The van der Waals surface area contributed by atoms with Gasteiger partial charge in [0.05, 0.1) is 19.6 Å². The lowest BCUT2D eigenvalue weighted by Crippen LogP contribution is -2.39. The molecule has 1 fully saturated rings. The average molecular weight is 305 g/mol. The van der Waals surface area contributed by atoms with Crippen LogP contribution in [0.25, 0.3) is 0 Å². The van der Waals surface area contributed by atoms with Gasteiger partial charge in [-0.25, -0.2) is 0 Å². The summed E-state index contributed by atoms with van der Waals surface area (Å²) >= 11 is 0. The highest BCUT2D eigenvalue weighted by atomic mass is 16.5. The Hall–Kier alpha value is -1.55. The molecule has 1 saturated carbocycles. The molecule has 0 unspecified atom stereocenters. The summed E-state index contributed by atoms with van der Waals surface area (Å²) in [6.07, 6.45) is 4.87. The van der Waals surface area contributed by atoms with Crippen molar-refractivity contribution in [2.24, 2.45) is 0 Å². The standard InChI is InChI=1S/C18H27NO3/c1-12-9-16(22-4)10-13(2)17(12)11-18(20)19-14-5-7-15(21-3)8-6-14/h9-10,14-15H,5-8,11H2,1-4H3,(H,19,20). The fraction of sp³-hybridized carbons (Fsp3) is 0.611. The Kier molecular flexibility index (Phi) is 5.83. The van der Waals surface area contributed by atoms with Crippen molar-refractivity contribution in [2.45, 2.75) is 58.1 Å². The zero-order chi connectivity index (χ0) is 16.1. The molecule has 0 aliphatic heterocycles. The second kappa shape index (κ2) is 7.63. The van der Waals surface area contributed by atoms with Crippen LogP contribution >= 0.6 is 0 Å². The Labute approximate surface area is 133 Å². The quantitative estimate of drug-likeness (QED) is 0.910. The van der Waals surface area contributed by atoms with E-state index in [4.69, 9.17) is 9.47 Å². The van der Waals surface area contributed by atoms with Crippen molar-refractivity contribution in [3.05, 3.63) is 28.8 Å². The van der Waals surface area contributed by atoms with E-state index in [1.165, 1.54) is 0 Å². The zero-order valence-electron chi connectivity index (χ0n) is 14.1. The van der Waals surface area contributed by atoms with Crippen LogP contribution in [0.1, 0.15) is 42.4 Å². The van der Waals surface area contributed by atoms with E-state index in [0.717, 1.165) is 48.1 Å². The Bertz CT molecular complexity index is 496. The van der Waals surface area contributed by atoms with Gasteiger partial charge in [-0.3, -0.25) is 4.79 Å². The molecule has 22 heavy (non-hydrogen) atoms. The number of amides is 1. The number of methoxy groups -OCH3 is 2. The van der Waals surface area contributed by atoms with Crippen LogP contribution in [-0.2, 0) is 16.0 Å². The number of hydrogen-bond acceptors (Lipinski definition) is 3. The topological polar surface area (TPSA) is 47.6 Å². The summed E-state index contributed by atoms with van der Waals surface area (Å²) < 4.78 is 10.6. The van der Waals surface area contributed by atoms with Crippen LogP contribution in [0.3, 0.4) is 0 Å². The van der Waals surface area contributed by atoms with Gasteiger partial charge in [-0.05, 0) is 68.4 Å². The fourth-order valence-corrected chi connectivity index (χ4v) is 3.23. The summed E-state index contributed by atoms with van der Waals surface area (Å²) in [5, 5.41) is 3.17. The molecule has 0 spiro atoms. The molecule has 0 heterocycles. The van der Waals surface area contributed by atoms with E-state index in [1.807, 2.05) is 26.0 Å². The summed E-state index contributed by atoms with van der Waals surface area (Å²) in [5.41, 5.74) is 3.31. The molecule has 0 saturated heterocycles. The number of aryl methyl sites for hydroxylation is 2. The number of nitrogens with one attached hydrogen (secondary N) is 1. The lowest BCUT2D eigenvalue weighted by Gasteiger charge is -2.28. The third-order valence-corrected chi connectivity index (χ3v) is 4.62. The first kappa shape index (κ1) is 16.8. The molecular weight excluding hydrogens is 278 g/mol. The minimum absolute atomic E-state index is 0.109. The van der Waals surface area contributed by atoms with Crippen LogP contribution in [0.5, 0.6) is 5.75 Å². The van der Waals surface area contributed by atoms with Gasteiger partial charge < -0.3 is 14.8 Å². The molecule has 0 bridgehead atoms. The summed E-state index contributed by atoms with van der Waals surface area (Å²) in [5.74, 6) is 0.953. The lowest BCUT2D eigenvalue weighted by molar-refractivity contribution is -0.121. The van der Waals surface area contributed by atoms with Gasteiger partial charge in [0, 0.05) is 13.2 Å². The van der Waals surface area contributed by atoms with Gasteiger partial charge in [0.2, 0.25) is 5.91 Å². The number of carbonyl (C=O) groups is 1. The third kappa shape index (κ3) is 4.23. The molecule has 4 nitrogen and oxygen atoms in total. The van der Waals surface area contributed by atoms with Crippen molar-refractivity contribution in [2.75, 3.05) is 14.2 Å². The Morgan fingerprint density at radius 2 is 1.73 bits per heavy atom. The van der Waals surface area contributed by atoms with E-state index in [2.05, 4.69) is 5.32 Å². The normalized spacial score (nSPS) is 21.5. The second-order valence-corrected chi connectivity index (χ2v) is 6.19. The maximum atomic E-state index is 12.3. The zero-order valence-corrected chi connectivity index (χ0v) is 14.1. The largest absolute Gasteiger partial charge is 0.497 e. The summed E-state index contributed by atoms with van der Waals surface area (Å²) in [6.45, 7) is 4.06. The molecule has 0 radical (unpaired) electrons. The first-order valence-electron chi connectivity index (χ1n) is 7.99. The number of benzene rings is 1. The highest BCUT2D eigenvalue weighted by Gasteiger charge is 2.22. The molecule has 1 N–H and O–H groups in total. The molecule has 1 aromatic rings. The van der Waals surface area contributed by atoms with Crippen LogP contribution in [-0.4, -0.2) is 32.3 Å². The number of carbonyl (C=O) groups excluding carboxylic acids is 1. The predicted molar refractivity (Wildman–Crippen MR) is 87.4 cm³/mol. The van der Waals surface area contributed by atoms with Gasteiger partial charge in [0.25, 0.3) is 0 Å². The van der Waals surface area contributed by atoms with E-state index >= 15 is 0 Å². The maximum Gasteiger partial charge on any atom is 0.224 e.